The van der Waals surface area contributed by atoms with Crippen LogP contribution in [0.2, 0.25) is 0 Å². The predicted octanol–water partition coefficient (Wildman–Crippen LogP) is 2.04. The summed E-state index contributed by atoms with van der Waals surface area (Å²) in [5, 5.41) is 12.0. The molecular weight excluding hydrogens is 312 g/mol. The summed E-state index contributed by atoms with van der Waals surface area (Å²) in [6.45, 7) is 1.31. The van der Waals surface area contributed by atoms with Crippen molar-refractivity contribution in [3.8, 4) is 0 Å². The quantitative estimate of drug-likeness (QED) is 0.732. The molecule has 0 N–H and O–H groups in total. The predicted molar refractivity (Wildman–Crippen MR) is 85.7 cm³/mol. The second-order valence-corrected chi connectivity index (χ2v) is 6.65. The fraction of sp³-hybridized carbons (Fsp3) is 0.400. The third-order valence-electron chi connectivity index (χ3n) is 4.11. The molecule has 8 heteroatoms. The maximum absolute atomic E-state index is 12.6. The highest BCUT2D eigenvalue weighted by Gasteiger charge is 2.31. The van der Waals surface area contributed by atoms with Crippen molar-refractivity contribution in [2.24, 2.45) is 0 Å². The van der Waals surface area contributed by atoms with E-state index in [4.69, 9.17) is 4.98 Å². The van der Waals surface area contributed by atoms with Gasteiger partial charge in [0.05, 0.1) is 22.8 Å². The van der Waals surface area contributed by atoms with Gasteiger partial charge >= 0.3 is 0 Å². The molecule has 1 aromatic carbocycles. The zero-order valence-corrected chi connectivity index (χ0v) is 13.3. The Morgan fingerprint density at radius 1 is 1.35 bits per heavy atom. The number of benzene rings is 1. The van der Waals surface area contributed by atoms with Crippen LogP contribution in [0.15, 0.2) is 30.6 Å². The van der Waals surface area contributed by atoms with E-state index in [9.17, 15) is 4.79 Å². The Kier molecular flexibility index (Phi) is 3.74. The van der Waals surface area contributed by atoms with Crippen molar-refractivity contribution in [1.29, 1.82) is 0 Å². The number of rotatable bonds is 4. The van der Waals surface area contributed by atoms with E-state index in [0.717, 1.165) is 29.9 Å². The van der Waals surface area contributed by atoms with Crippen LogP contribution < -0.4 is 0 Å². The molecule has 1 aliphatic heterocycles. The van der Waals surface area contributed by atoms with Gasteiger partial charge in [0.15, 0.2) is 0 Å². The minimum Gasteiger partial charge on any atom is -0.333 e. The topological polar surface area (TPSA) is 76.8 Å². The molecule has 0 spiro atoms. The Balaban J connectivity index is 1.50. The monoisotopic (exact) mass is 328 g/mol. The number of carbonyl (C=O) groups is 1. The van der Waals surface area contributed by atoms with E-state index < -0.39 is 0 Å². The van der Waals surface area contributed by atoms with Crippen LogP contribution in [0.4, 0.5) is 0 Å². The van der Waals surface area contributed by atoms with Gasteiger partial charge in [0.2, 0.25) is 5.91 Å². The minimum atomic E-state index is 0.105. The van der Waals surface area contributed by atoms with Crippen LogP contribution in [0.1, 0.15) is 30.3 Å². The van der Waals surface area contributed by atoms with Crippen LogP contribution >= 0.6 is 11.3 Å². The highest BCUT2D eigenvalue weighted by atomic mass is 32.1. The maximum Gasteiger partial charge on any atom is 0.225 e. The molecule has 0 saturated carbocycles. The zero-order chi connectivity index (χ0) is 15.6. The van der Waals surface area contributed by atoms with Crippen LogP contribution in [-0.4, -0.2) is 42.5 Å². The average molecular weight is 328 g/mol. The third-order valence-corrected chi connectivity index (χ3v) is 5.25. The molecule has 1 unspecified atom stereocenters. The lowest BCUT2D eigenvalue weighted by atomic mass is 10.2. The third kappa shape index (κ3) is 2.81. The Bertz CT molecular complexity index is 781. The number of hydrogen-bond donors (Lipinski definition) is 0. The molecule has 0 radical (unpaired) electrons. The largest absolute Gasteiger partial charge is 0.333 e. The summed E-state index contributed by atoms with van der Waals surface area (Å²) in [6, 6.07) is 8.22. The lowest BCUT2D eigenvalue weighted by Gasteiger charge is -2.23. The second-order valence-electron chi connectivity index (χ2n) is 5.59. The van der Waals surface area contributed by atoms with E-state index in [-0.39, 0.29) is 11.9 Å². The smallest absolute Gasteiger partial charge is 0.225 e. The maximum atomic E-state index is 12.6. The molecule has 1 fully saturated rings. The average Bonchev–Trinajstić information content (AvgIpc) is 3.31. The first-order valence-electron chi connectivity index (χ1n) is 7.67. The Morgan fingerprint density at radius 2 is 2.26 bits per heavy atom. The fourth-order valence-electron chi connectivity index (χ4n) is 2.99. The van der Waals surface area contributed by atoms with E-state index in [2.05, 4.69) is 21.6 Å². The van der Waals surface area contributed by atoms with Crippen LogP contribution in [0.3, 0.4) is 0 Å². The van der Waals surface area contributed by atoms with Gasteiger partial charge in [-0.25, -0.2) is 9.67 Å². The van der Waals surface area contributed by atoms with Crippen LogP contribution in [0.25, 0.3) is 10.2 Å². The molecule has 23 heavy (non-hydrogen) atoms. The van der Waals surface area contributed by atoms with Crippen molar-refractivity contribution in [1.82, 2.24) is 30.1 Å². The number of hydrogen-bond acceptors (Lipinski definition) is 6. The summed E-state index contributed by atoms with van der Waals surface area (Å²) in [7, 11) is 0. The van der Waals surface area contributed by atoms with Crippen LogP contribution in [-0.2, 0) is 11.3 Å². The zero-order valence-electron chi connectivity index (χ0n) is 12.5. The first-order valence-corrected chi connectivity index (χ1v) is 8.48. The number of fused-ring (bicyclic) bond motifs is 1. The van der Waals surface area contributed by atoms with Crippen molar-refractivity contribution >= 4 is 27.5 Å². The summed E-state index contributed by atoms with van der Waals surface area (Å²) >= 11 is 1.69. The number of amides is 1. The van der Waals surface area contributed by atoms with Crippen molar-refractivity contribution in [3.63, 3.8) is 0 Å². The van der Waals surface area contributed by atoms with E-state index in [1.165, 1.54) is 11.0 Å². The second kappa shape index (κ2) is 6.04. The Morgan fingerprint density at radius 3 is 3.09 bits per heavy atom. The molecule has 3 aromatic rings. The normalized spacial score (nSPS) is 17.9. The summed E-state index contributed by atoms with van der Waals surface area (Å²) in [4.78, 5) is 19.2. The number of para-hydroxylation sites is 1. The minimum absolute atomic E-state index is 0.105. The van der Waals surface area contributed by atoms with Gasteiger partial charge in [-0.05, 0) is 35.4 Å². The van der Waals surface area contributed by atoms with Gasteiger partial charge in [-0.15, -0.1) is 16.4 Å². The number of tetrazole rings is 1. The number of aryl methyl sites for hydroxylation is 1. The van der Waals surface area contributed by atoms with E-state index >= 15 is 0 Å². The number of aromatic nitrogens is 5. The van der Waals surface area contributed by atoms with Gasteiger partial charge in [0.25, 0.3) is 0 Å². The first kappa shape index (κ1) is 14.3. The van der Waals surface area contributed by atoms with Crippen LogP contribution in [0.5, 0.6) is 0 Å². The summed E-state index contributed by atoms with van der Waals surface area (Å²) in [5.74, 6) is 0.141. The molecular formula is C15H16N6OS. The molecule has 2 aromatic heterocycles. The van der Waals surface area contributed by atoms with E-state index in [1.54, 1.807) is 16.0 Å². The molecule has 1 aliphatic rings. The number of carbonyl (C=O) groups excluding carboxylic acids is 1. The van der Waals surface area contributed by atoms with Crippen molar-refractivity contribution < 1.29 is 4.79 Å². The van der Waals surface area contributed by atoms with Crippen LogP contribution in [0, 0.1) is 0 Å². The summed E-state index contributed by atoms with van der Waals surface area (Å²) in [5.41, 5.74) is 1.01. The molecule has 1 amide bonds. The van der Waals surface area contributed by atoms with Gasteiger partial charge in [-0.2, -0.15) is 0 Å². The summed E-state index contributed by atoms with van der Waals surface area (Å²) < 4.78 is 2.76. The van der Waals surface area contributed by atoms with Crippen molar-refractivity contribution in [3.05, 3.63) is 35.6 Å². The van der Waals surface area contributed by atoms with Gasteiger partial charge in [-0.1, -0.05) is 12.1 Å². The molecule has 3 heterocycles. The molecule has 7 nitrogen and oxygen atoms in total. The lowest BCUT2D eigenvalue weighted by molar-refractivity contribution is -0.132. The van der Waals surface area contributed by atoms with Crippen molar-refractivity contribution in [2.75, 3.05) is 6.54 Å². The molecule has 0 aliphatic carbocycles. The van der Waals surface area contributed by atoms with Gasteiger partial charge in [-0.3, -0.25) is 4.79 Å². The molecule has 118 valence electrons. The van der Waals surface area contributed by atoms with Gasteiger partial charge in [0, 0.05) is 13.0 Å². The van der Waals surface area contributed by atoms with E-state index in [1.807, 2.05) is 23.1 Å². The standard InChI is InChI=1S/C15H16N6OS/c22-14(7-9-20-10-16-18-19-20)21-8-3-5-12(21)15-17-11-4-1-2-6-13(11)23-15/h1-2,4,6,10,12H,3,5,7-9H2. The molecule has 1 saturated heterocycles. The Labute approximate surface area is 136 Å². The lowest BCUT2D eigenvalue weighted by Crippen LogP contribution is -2.31. The SMILES string of the molecule is O=C(CCn1cnnn1)N1CCCC1c1nc2ccccc2s1. The number of thiazole rings is 1. The van der Waals surface area contributed by atoms with Gasteiger partial charge in [0.1, 0.15) is 11.3 Å². The highest BCUT2D eigenvalue weighted by molar-refractivity contribution is 7.18. The first-order chi connectivity index (χ1) is 11.3. The van der Waals surface area contributed by atoms with E-state index in [0.29, 0.717) is 13.0 Å². The highest BCUT2D eigenvalue weighted by Crippen LogP contribution is 2.36. The summed E-state index contributed by atoms with van der Waals surface area (Å²) in [6.07, 6.45) is 3.95. The molecule has 1 atom stereocenters. The van der Waals surface area contributed by atoms with Gasteiger partial charge < -0.3 is 4.90 Å². The molecule has 0 bridgehead atoms. The molecule has 4 rings (SSSR count). The number of nitrogens with zero attached hydrogens (tertiary/aromatic N) is 6. The number of likely N-dealkylation sites (tertiary alicyclic amines) is 1. The Hall–Kier alpha value is -2.35. The van der Waals surface area contributed by atoms with Crippen molar-refractivity contribution in [2.45, 2.75) is 31.8 Å². The fourth-order valence-corrected chi connectivity index (χ4v) is 4.11.